The molecule has 4 atom stereocenters. The minimum atomic E-state index is -0.717. The van der Waals surface area contributed by atoms with E-state index in [1.54, 1.807) is 13.8 Å². The predicted octanol–water partition coefficient (Wildman–Crippen LogP) is 2.51. The second-order valence-corrected chi connectivity index (χ2v) is 6.70. The summed E-state index contributed by atoms with van der Waals surface area (Å²) in [7, 11) is 0. The fraction of sp³-hybridized carbons (Fsp3) is 0.929. The Hall–Kier alpha value is -0.570. The lowest BCUT2D eigenvalue weighted by atomic mass is 9.83. The van der Waals surface area contributed by atoms with Crippen molar-refractivity contribution >= 4 is 5.97 Å². The van der Waals surface area contributed by atoms with Crippen LogP contribution in [0.5, 0.6) is 0 Å². The Morgan fingerprint density at radius 3 is 2.59 bits per heavy atom. The van der Waals surface area contributed by atoms with Crippen LogP contribution in [-0.4, -0.2) is 23.7 Å². The molecule has 2 rings (SSSR count). The molecule has 2 N–H and O–H groups in total. The van der Waals surface area contributed by atoms with Crippen LogP contribution in [0.1, 0.15) is 46.5 Å². The first kappa shape index (κ1) is 12.9. The second kappa shape index (κ2) is 4.60. The van der Waals surface area contributed by atoms with Gasteiger partial charge in [0.1, 0.15) is 0 Å². The Labute approximate surface area is 104 Å². The lowest BCUT2D eigenvalue weighted by molar-refractivity contribution is -0.146. The summed E-state index contributed by atoms with van der Waals surface area (Å²) in [5.41, 5.74) is -0.661. The van der Waals surface area contributed by atoms with Gasteiger partial charge in [0.25, 0.3) is 0 Å². The normalized spacial score (nSPS) is 33.9. The number of carboxylic acids is 1. The van der Waals surface area contributed by atoms with E-state index in [4.69, 9.17) is 5.11 Å². The molecule has 98 valence electrons. The maximum atomic E-state index is 11.0. The molecule has 0 heterocycles. The second-order valence-electron chi connectivity index (χ2n) is 6.70. The van der Waals surface area contributed by atoms with Crippen LogP contribution in [0.25, 0.3) is 0 Å². The average molecular weight is 239 g/mol. The van der Waals surface area contributed by atoms with Crippen molar-refractivity contribution in [2.75, 3.05) is 6.54 Å². The third-order valence-electron chi connectivity index (χ3n) is 4.88. The highest BCUT2D eigenvalue weighted by Crippen LogP contribution is 2.49. The van der Waals surface area contributed by atoms with Gasteiger partial charge in [-0.05, 0) is 57.8 Å². The van der Waals surface area contributed by atoms with Gasteiger partial charge >= 0.3 is 5.97 Å². The Morgan fingerprint density at radius 1 is 1.41 bits per heavy atom. The summed E-state index contributed by atoms with van der Waals surface area (Å²) in [4.78, 5) is 11.0. The topological polar surface area (TPSA) is 49.3 Å². The maximum absolute atomic E-state index is 11.0. The van der Waals surface area contributed by atoms with E-state index in [-0.39, 0.29) is 0 Å². The van der Waals surface area contributed by atoms with Gasteiger partial charge < -0.3 is 10.4 Å². The molecule has 0 spiro atoms. The molecule has 2 aliphatic rings. The van der Waals surface area contributed by atoms with Crippen LogP contribution < -0.4 is 5.32 Å². The number of nitrogens with one attached hydrogen (secondary N) is 1. The van der Waals surface area contributed by atoms with Gasteiger partial charge in [-0.2, -0.15) is 0 Å². The molecule has 2 bridgehead atoms. The van der Waals surface area contributed by atoms with Crippen LogP contribution >= 0.6 is 0 Å². The van der Waals surface area contributed by atoms with E-state index in [0.717, 1.165) is 17.8 Å². The van der Waals surface area contributed by atoms with E-state index >= 15 is 0 Å². The number of hydrogen-bond donors (Lipinski definition) is 2. The summed E-state index contributed by atoms with van der Waals surface area (Å²) in [6.45, 7) is 6.37. The summed E-state index contributed by atoms with van der Waals surface area (Å²) < 4.78 is 0. The highest BCUT2D eigenvalue weighted by Gasteiger charge is 2.42. The van der Waals surface area contributed by atoms with Crippen LogP contribution in [0.3, 0.4) is 0 Å². The Balaban J connectivity index is 1.82. The lowest BCUT2D eigenvalue weighted by Crippen LogP contribution is -2.43. The minimum Gasteiger partial charge on any atom is -0.481 e. The van der Waals surface area contributed by atoms with Crippen molar-refractivity contribution in [3.05, 3.63) is 0 Å². The third kappa shape index (κ3) is 2.65. The zero-order chi connectivity index (χ0) is 12.6. The summed E-state index contributed by atoms with van der Waals surface area (Å²) in [5, 5.41) is 12.5. The molecule has 0 saturated heterocycles. The van der Waals surface area contributed by atoms with Crippen LogP contribution in [0.2, 0.25) is 0 Å². The van der Waals surface area contributed by atoms with E-state index in [0.29, 0.717) is 12.6 Å². The molecule has 0 aromatic heterocycles. The van der Waals surface area contributed by atoms with E-state index in [1.165, 1.54) is 25.7 Å². The number of carbonyl (C=O) groups is 1. The molecule has 4 unspecified atom stereocenters. The van der Waals surface area contributed by atoms with Gasteiger partial charge in [-0.1, -0.05) is 6.42 Å². The number of carboxylic acid groups (broad SMARTS) is 1. The van der Waals surface area contributed by atoms with Crippen molar-refractivity contribution in [2.45, 2.75) is 52.5 Å². The molecule has 0 amide bonds. The van der Waals surface area contributed by atoms with Crippen molar-refractivity contribution in [1.29, 1.82) is 0 Å². The van der Waals surface area contributed by atoms with Crippen LogP contribution in [0.15, 0.2) is 0 Å². The van der Waals surface area contributed by atoms with Crippen molar-refractivity contribution in [3.63, 3.8) is 0 Å². The minimum absolute atomic E-state index is 0.462. The van der Waals surface area contributed by atoms with Gasteiger partial charge in [0, 0.05) is 12.6 Å². The summed E-state index contributed by atoms with van der Waals surface area (Å²) >= 11 is 0. The maximum Gasteiger partial charge on any atom is 0.310 e. The molecule has 0 aromatic carbocycles. The molecule has 0 aromatic rings. The monoisotopic (exact) mass is 239 g/mol. The molecule has 2 fully saturated rings. The SMILES string of the molecule is CC(NCC(C)(C)C(=O)O)C1CC2CCC1C2. The highest BCUT2D eigenvalue weighted by atomic mass is 16.4. The van der Waals surface area contributed by atoms with E-state index in [9.17, 15) is 4.79 Å². The Morgan fingerprint density at radius 2 is 2.12 bits per heavy atom. The first-order valence-corrected chi connectivity index (χ1v) is 6.87. The molecule has 0 aliphatic heterocycles. The average Bonchev–Trinajstić information content (AvgIpc) is 2.87. The first-order valence-electron chi connectivity index (χ1n) is 6.87. The van der Waals surface area contributed by atoms with Gasteiger partial charge in [0.05, 0.1) is 5.41 Å². The molecular formula is C14H25NO2. The summed E-state index contributed by atoms with van der Waals surface area (Å²) in [6.07, 6.45) is 5.59. The number of aliphatic carboxylic acids is 1. The molecule has 3 nitrogen and oxygen atoms in total. The van der Waals surface area contributed by atoms with E-state index in [1.807, 2.05) is 0 Å². The number of rotatable bonds is 5. The third-order valence-corrected chi connectivity index (χ3v) is 4.88. The van der Waals surface area contributed by atoms with Gasteiger partial charge in [-0.15, -0.1) is 0 Å². The Kier molecular flexibility index (Phi) is 3.48. The van der Waals surface area contributed by atoms with Crippen molar-refractivity contribution in [2.24, 2.45) is 23.2 Å². The molecule has 0 radical (unpaired) electrons. The van der Waals surface area contributed by atoms with Gasteiger partial charge in [0.15, 0.2) is 0 Å². The van der Waals surface area contributed by atoms with E-state index < -0.39 is 11.4 Å². The van der Waals surface area contributed by atoms with Gasteiger partial charge in [-0.3, -0.25) is 4.79 Å². The van der Waals surface area contributed by atoms with Crippen molar-refractivity contribution in [3.8, 4) is 0 Å². The number of hydrogen-bond acceptors (Lipinski definition) is 2. The quantitative estimate of drug-likeness (QED) is 0.775. The first-order chi connectivity index (χ1) is 7.90. The lowest BCUT2D eigenvalue weighted by Gasteiger charge is -2.31. The fourth-order valence-electron chi connectivity index (χ4n) is 3.55. The summed E-state index contributed by atoms with van der Waals surface area (Å²) in [5.74, 6) is 1.92. The van der Waals surface area contributed by atoms with Crippen LogP contribution in [0, 0.1) is 23.2 Å². The smallest absolute Gasteiger partial charge is 0.310 e. The van der Waals surface area contributed by atoms with Crippen molar-refractivity contribution in [1.82, 2.24) is 5.32 Å². The molecule has 3 heteroatoms. The Bertz CT molecular complexity index is 301. The van der Waals surface area contributed by atoms with Gasteiger partial charge in [0.2, 0.25) is 0 Å². The zero-order valence-corrected chi connectivity index (χ0v) is 11.2. The van der Waals surface area contributed by atoms with Crippen molar-refractivity contribution < 1.29 is 9.90 Å². The molecule has 2 aliphatic carbocycles. The molecule has 17 heavy (non-hydrogen) atoms. The van der Waals surface area contributed by atoms with Crippen LogP contribution in [-0.2, 0) is 4.79 Å². The zero-order valence-electron chi connectivity index (χ0n) is 11.2. The predicted molar refractivity (Wildman–Crippen MR) is 67.8 cm³/mol. The molecular weight excluding hydrogens is 214 g/mol. The molecule has 2 saturated carbocycles. The largest absolute Gasteiger partial charge is 0.481 e. The summed E-state index contributed by atoms with van der Waals surface area (Å²) in [6, 6.07) is 0.462. The highest BCUT2D eigenvalue weighted by molar-refractivity contribution is 5.73. The standard InChI is InChI=1S/C14H25NO2/c1-9(15-8-14(2,3)13(16)17)12-7-10-4-5-11(12)6-10/h9-12,15H,4-8H2,1-3H3,(H,16,17). The fourth-order valence-corrected chi connectivity index (χ4v) is 3.55. The number of fused-ring (bicyclic) bond motifs is 2. The van der Waals surface area contributed by atoms with Crippen LogP contribution in [0.4, 0.5) is 0 Å². The van der Waals surface area contributed by atoms with E-state index in [2.05, 4.69) is 12.2 Å². The van der Waals surface area contributed by atoms with Gasteiger partial charge in [-0.25, -0.2) is 0 Å².